The summed E-state index contributed by atoms with van der Waals surface area (Å²) in [6.45, 7) is 0. The van der Waals surface area contributed by atoms with Crippen molar-refractivity contribution in [3.63, 3.8) is 0 Å². The van der Waals surface area contributed by atoms with E-state index in [1.165, 1.54) is 7.11 Å². The van der Waals surface area contributed by atoms with Gasteiger partial charge in [-0.2, -0.15) is 18.3 Å². The Kier molecular flexibility index (Phi) is 5.86. The summed E-state index contributed by atoms with van der Waals surface area (Å²) in [5, 5.41) is 7.66. The van der Waals surface area contributed by atoms with Crippen LogP contribution in [0.4, 0.5) is 18.9 Å². The van der Waals surface area contributed by atoms with Gasteiger partial charge in [-0.05, 0) is 43.9 Å². The largest absolute Gasteiger partial charge is 0.494 e. The lowest BCUT2D eigenvalue weighted by Crippen LogP contribution is -2.21. The van der Waals surface area contributed by atoms with Crippen molar-refractivity contribution in [2.45, 2.75) is 37.9 Å². The molecule has 2 heterocycles. The number of benzene rings is 1. The van der Waals surface area contributed by atoms with Crippen molar-refractivity contribution in [2.24, 2.45) is 5.92 Å². The molecule has 0 bridgehead atoms. The van der Waals surface area contributed by atoms with Crippen LogP contribution in [0.5, 0.6) is 5.75 Å². The molecule has 32 heavy (non-hydrogen) atoms. The van der Waals surface area contributed by atoms with Gasteiger partial charge in [0.15, 0.2) is 0 Å². The second-order valence-electron chi connectivity index (χ2n) is 7.76. The summed E-state index contributed by atoms with van der Waals surface area (Å²) in [4.78, 5) is 27.3. The SMILES string of the molecule is COc1cc2c(cnn2C2CCC(C=O)CC2)cc1NC(=O)c1ncccc1C(F)(F)F. The van der Waals surface area contributed by atoms with E-state index in [2.05, 4.69) is 15.4 Å². The number of ether oxygens (including phenoxy) is 1. The van der Waals surface area contributed by atoms with E-state index < -0.39 is 23.3 Å². The lowest BCUT2D eigenvalue weighted by molar-refractivity contribution is -0.138. The fraction of sp³-hybridized carbons (Fsp3) is 0.364. The lowest BCUT2D eigenvalue weighted by atomic mass is 9.87. The molecule has 10 heteroatoms. The molecule has 0 saturated heterocycles. The highest BCUT2D eigenvalue weighted by molar-refractivity contribution is 6.06. The summed E-state index contributed by atoms with van der Waals surface area (Å²) in [6, 6.07) is 5.39. The zero-order valence-electron chi connectivity index (χ0n) is 17.2. The average Bonchev–Trinajstić information content (AvgIpc) is 3.20. The standard InChI is InChI=1S/C22H21F3N4O3/c1-32-19-10-18-14(11-27-29(18)15-6-4-13(12-30)5-7-15)9-17(19)28-21(31)20-16(22(23,24)25)3-2-8-26-20/h2-3,8-13,15H,4-7H2,1H3,(H,28,31). The summed E-state index contributed by atoms with van der Waals surface area (Å²) in [5.74, 6) is -0.619. The number of nitrogens with zero attached hydrogens (tertiary/aromatic N) is 3. The molecule has 1 aliphatic rings. The second-order valence-corrected chi connectivity index (χ2v) is 7.76. The van der Waals surface area contributed by atoms with E-state index in [1.807, 2.05) is 4.68 Å². The molecule has 1 aromatic carbocycles. The van der Waals surface area contributed by atoms with Crippen LogP contribution in [0.1, 0.15) is 47.8 Å². The van der Waals surface area contributed by atoms with E-state index >= 15 is 0 Å². The number of fused-ring (bicyclic) bond motifs is 1. The number of amides is 1. The number of carbonyl (C=O) groups excluding carboxylic acids is 2. The zero-order valence-corrected chi connectivity index (χ0v) is 17.2. The maximum atomic E-state index is 13.3. The van der Waals surface area contributed by atoms with Crippen molar-refractivity contribution in [2.75, 3.05) is 12.4 Å². The molecule has 3 aromatic rings. The topological polar surface area (TPSA) is 86.1 Å². The number of hydrogen-bond donors (Lipinski definition) is 1. The van der Waals surface area contributed by atoms with Gasteiger partial charge < -0.3 is 14.8 Å². The van der Waals surface area contributed by atoms with Crippen LogP contribution in [0, 0.1) is 5.92 Å². The van der Waals surface area contributed by atoms with Crippen molar-refractivity contribution < 1.29 is 27.5 Å². The van der Waals surface area contributed by atoms with Crippen LogP contribution in [-0.2, 0) is 11.0 Å². The van der Waals surface area contributed by atoms with Gasteiger partial charge in [-0.3, -0.25) is 14.5 Å². The van der Waals surface area contributed by atoms with Gasteiger partial charge in [0.25, 0.3) is 5.91 Å². The maximum absolute atomic E-state index is 13.3. The third-order valence-corrected chi connectivity index (χ3v) is 5.77. The summed E-state index contributed by atoms with van der Waals surface area (Å²) < 4.78 is 47.0. The number of methoxy groups -OCH3 is 1. The minimum atomic E-state index is -4.71. The molecular formula is C22H21F3N4O3. The molecule has 0 atom stereocenters. The van der Waals surface area contributed by atoms with Crippen molar-refractivity contribution in [1.82, 2.24) is 14.8 Å². The lowest BCUT2D eigenvalue weighted by Gasteiger charge is -2.26. The number of hydrogen-bond acceptors (Lipinski definition) is 5. The Hall–Kier alpha value is -3.43. The number of aromatic nitrogens is 3. The van der Waals surface area contributed by atoms with Crippen molar-refractivity contribution in [1.29, 1.82) is 0 Å². The average molecular weight is 446 g/mol. The predicted octanol–water partition coefficient (Wildman–Crippen LogP) is 4.64. The third kappa shape index (κ3) is 4.17. The van der Waals surface area contributed by atoms with Gasteiger partial charge in [0.1, 0.15) is 17.7 Å². The molecule has 2 aromatic heterocycles. The molecule has 0 spiro atoms. The van der Waals surface area contributed by atoms with E-state index in [-0.39, 0.29) is 17.6 Å². The predicted molar refractivity (Wildman–Crippen MR) is 111 cm³/mol. The highest BCUT2D eigenvalue weighted by Crippen LogP contribution is 2.37. The molecule has 7 nitrogen and oxygen atoms in total. The van der Waals surface area contributed by atoms with Crippen LogP contribution in [0.25, 0.3) is 10.9 Å². The van der Waals surface area contributed by atoms with Crippen molar-refractivity contribution >= 4 is 28.8 Å². The Morgan fingerprint density at radius 2 is 2.00 bits per heavy atom. The summed E-state index contributed by atoms with van der Waals surface area (Å²) >= 11 is 0. The van der Waals surface area contributed by atoms with Gasteiger partial charge in [0, 0.05) is 23.6 Å². The van der Waals surface area contributed by atoms with E-state index in [9.17, 15) is 22.8 Å². The number of aldehydes is 1. The van der Waals surface area contributed by atoms with Crippen LogP contribution in [0.3, 0.4) is 0 Å². The molecule has 4 rings (SSSR count). The Labute approximate surface area is 181 Å². The van der Waals surface area contributed by atoms with Crippen LogP contribution < -0.4 is 10.1 Å². The van der Waals surface area contributed by atoms with Gasteiger partial charge in [-0.15, -0.1) is 0 Å². The number of alkyl halides is 3. The molecule has 0 aliphatic heterocycles. The normalized spacial score (nSPS) is 19.0. The van der Waals surface area contributed by atoms with Crippen LogP contribution in [0.15, 0.2) is 36.7 Å². The van der Waals surface area contributed by atoms with E-state index in [1.54, 1.807) is 18.3 Å². The quantitative estimate of drug-likeness (QED) is 0.577. The van der Waals surface area contributed by atoms with Crippen molar-refractivity contribution in [3.8, 4) is 5.75 Å². The molecular weight excluding hydrogens is 425 g/mol. The molecule has 1 N–H and O–H groups in total. The second kappa shape index (κ2) is 8.60. The maximum Gasteiger partial charge on any atom is 0.418 e. The molecule has 1 fully saturated rings. The zero-order chi connectivity index (χ0) is 22.9. The first-order valence-corrected chi connectivity index (χ1v) is 10.2. The number of carbonyl (C=O) groups is 2. The van der Waals surface area contributed by atoms with E-state index in [0.29, 0.717) is 11.1 Å². The van der Waals surface area contributed by atoms with Gasteiger partial charge in [-0.25, -0.2) is 0 Å². The minimum Gasteiger partial charge on any atom is -0.494 e. The number of nitrogens with one attached hydrogen (secondary N) is 1. The van der Waals surface area contributed by atoms with E-state index in [0.717, 1.165) is 55.8 Å². The first-order valence-electron chi connectivity index (χ1n) is 10.2. The fourth-order valence-electron chi connectivity index (χ4n) is 4.11. The van der Waals surface area contributed by atoms with Gasteiger partial charge in [0.2, 0.25) is 0 Å². The van der Waals surface area contributed by atoms with Crippen LogP contribution >= 0.6 is 0 Å². The fourth-order valence-corrected chi connectivity index (χ4v) is 4.11. The van der Waals surface area contributed by atoms with Gasteiger partial charge in [0.05, 0.1) is 36.1 Å². The molecule has 1 saturated carbocycles. The third-order valence-electron chi connectivity index (χ3n) is 5.77. The highest BCUT2D eigenvalue weighted by atomic mass is 19.4. The minimum absolute atomic E-state index is 0.0811. The highest BCUT2D eigenvalue weighted by Gasteiger charge is 2.36. The smallest absolute Gasteiger partial charge is 0.418 e. The first kappa shape index (κ1) is 21.8. The summed E-state index contributed by atoms with van der Waals surface area (Å²) in [6.07, 6.45) is 2.30. The first-order chi connectivity index (χ1) is 15.3. The molecule has 168 valence electrons. The monoisotopic (exact) mass is 446 g/mol. The number of rotatable bonds is 5. The number of halogens is 3. The Morgan fingerprint density at radius 3 is 2.66 bits per heavy atom. The van der Waals surface area contributed by atoms with Crippen LogP contribution in [-0.4, -0.2) is 34.1 Å². The Morgan fingerprint density at radius 1 is 1.25 bits per heavy atom. The summed E-state index contributed by atoms with van der Waals surface area (Å²) in [7, 11) is 1.41. The van der Waals surface area contributed by atoms with Crippen molar-refractivity contribution in [3.05, 3.63) is 47.9 Å². The van der Waals surface area contributed by atoms with Gasteiger partial charge in [-0.1, -0.05) is 0 Å². The molecule has 0 radical (unpaired) electrons. The van der Waals surface area contributed by atoms with Crippen LogP contribution in [0.2, 0.25) is 0 Å². The molecule has 1 aliphatic carbocycles. The van der Waals surface area contributed by atoms with E-state index in [4.69, 9.17) is 4.74 Å². The summed E-state index contributed by atoms with van der Waals surface area (Å²) in [5.41, 5.74) is -0.836. The molecule has 1 amide bonds. The Balaban J connectivity index is 1.64. The number of pyridine rings is 1. The molecule has 0 unspecified atom stereocenters. The Bertz CT molecular complexity index is 1150. The van der Waals surface area contributed by atoms with Gasteiger partial charge >= 0.3 is 6.18 Å². The number of anilines is 1.